The van der Waals surface area contributed by atoms with Crippen LogP contribution >= 0.6 is 0 Å². The predicted molar refractivity (Wildman–Crippen MR) is 87.1 cm³/mol. The van der Waals surface area contributed by atoms with Crippen LogP contribution in [0.5, 0.6) is 0 Å². The molecule has 0 saturated carbocycles. The number of hydrogen-bond acceptors (Lipinski definition) is 2. The molecule has 1 unspecified atom stereocenters. The Hall–Kier alpha value is -0.860. The van der Waals surface area contributed by atoms with Gasteiger partial charge in [0, 0.05) is 13.2 Å². The molecule has 2 nitrogen and oxygen atoms in total. The van der Waals surface area contributed by atoms with Crippen LogP contribution in [0.15, 0.2) is 24.3 Å². The largest absolute Gasteiger partial charge is 0.377 e. The summed E-state index contributed by atoms with van der Waals surface area (Å²) in [5, 5.41) is 3.39. The number of rotatable bonds is 10. The molecule has 20 heavy (non-hydrogen) atoms. The summed E-state index contributed by atoms with van der Waals surface area (Å²) in [4.78, 5) is 0. The van der Waals surface area contributed by atoms with Gasteiger partial charge in [-0.25, -0.2) is 0 Å². The van der Waals surface area contributed by atoms with Crippen LogP contribution in [0.25, 0.3) is 0 Å². The molecule has 0 bridgehead atoms. The van der Waals surface area contributed by atoms with Gasteiger partial charge in [0.1, 0.15) is 0 Å². The van der Waals surface area contributed by atoms with E-state index < -0.39 is 0 Å². The Kier molecular flexibility index (Phi) is 8.56. The van der Waals surface area contributed by atoms with Crippen LogP contribution < -0.4 is 5.32 Å². The van der Waals surface area contributed by atoms with Crippen LogP contribution in [0.2, 0.25) is 0 Å². The molecule has 0 radical (unpaired) electrons. The van der Waals surface area contributed by atoms with Gasteiger partial charge >= 0.3 is 0 Å². The number of hydrogen-bond donors (Lipinski definition) is 1. The summed E-state index contributed by atoms with van der Waals surface area (Å²) >= 11 is 0. The summed E-state index contributed by atoms with van der Waals surface area (Å²) in [6.45, 7) is 12.6. The molecule has 0 heterocycles. The van der Waals surface area contributed by atoms with Gasteiger partial charge in [0.15, 0.2) is 0 Å². The van der Waals surface area contributed by atoms with E-state index in [9.17, 15) is 0 Å². The second kappa shape index (κ2) is 9.95. The van der Waals surface area contributed by atoms with Gasteiger partial charge in [0.2, 0.25) is 0 Å². The van der Waals surface area contributed by atoms with Gasteiger partial charge < -0.3 is 10.1 Å². The molecule has 0 saturated heterocycles. The first-order valence-corrected chi connectivity index (χ1v) is 8.00. The zero-order chi connectivity index (χ0) is 14.8. The monoisotopic (exact) mass is 277 g/mol. The number of benzene rings is 1. The topological polar surface area (TPSA) is 21.3 Å². The van der Waals surface area contributed by atoms with Crippen LogP contribution in [0.1, 0.15) is 57.6 Å². The lowest BCUT2D eigenvalue weighted by molar-refractivity contribution is 0.115. The zero-order valence-electron chi connectivity index (χ0n) is 13.6. The molecule has 1 atom stereocenters. The summed E-state index contributed by atoms with van der Waals surface area (Å²) in [6, 6.07) is 8.85. The van der Waals surface area contributed by atoms with E-state index in [2.05, 4.69) is 57.3 Å². The third kappa shape index (κ3) is 7.06. The van der Waals surface area contributed by atoms with Gasteiger partial charge in [0.05, 0.1) is 6.61 Å². The van der Waals surface area contributed by atoms with Gasteiger partial charge in [-0.3, -0.25) is 0 Å². The molecule has 1 aromatic rings. The lowest BCUT2D eigenvalue weighted by atomic mass is 10.00. The molecule has 2 heteroatoms. The predicted octanol–water partition coefficient (Wildman–Crippen LogP) is 4.35. The maximum absolute atomic E-state index is 5.72. The van der Waals surface area contributed by atoms with E-state index in [1.54, 1.807) is 0 Å². The maximum atomic E-state index is 5.72. The van der Waals surface area contributed by atoms with Crippen molar-refractivity contribution in [2.24, 2.45) is 5.92 Å². The molecule has 0 fully saturated rings. The van der Waals surface area contributed by atoms with Crippen molar-refractivity contribution in [3.63, 3.8) is 0 Å². The van der Waals surface area contributed by atoms with Crippen molar-refractivity contribution >= 4 is 0 Å². The van der Waals surface area contributed by atoms with Crippen molar-refractivity contribution in [1.29, 1.82) is 0 Å². The highest BCUT2D eigenvalue weighted by atomic mass is 16.5. The van der Waals surface area contributed by atoms with Crippen molar-refractivity contribution in [3.05, 3.63) is 35.4 Å². The molecule has 0 amide bonds. The highest BCUT2D eigenvalue weighted by Crippen LogP contribution is 2.15. The zero-order valence-corrected chi connectivity index (χ0v) is 13.6. The average Bonchev–Trinajstić information content (AvgIpc) is 2.44. The second-order valence-corrected chi connectivity index (χ2v) is 6.04. The molecule has 0 aromatic heterocycles. The minimum atomic E-state index is 0.566. The third-order valence-corrected chi connectivity index (χ3v) is 3.59. The van der Waals surface area contributed by atoms with Crippen molar-refractivity contribution in [3.8, 4) is 0 Å². The van der Waals surface area contributed by atoms with Crippen molar-refractivity contribution in [2.75, 3.05) is 19.7 Å². The van der Waals surface area contributed by atoms with Gasteiger partial charge in [-0.2, -0.15) is 0 Å². The SMILES string of the molecule is CCNCC(C)c1ccc(COCCCC(C)C)cc1. The summed E-state index contributed by atoms with van der Waals surface area (Å²) in [5.74, 6) is 1.34. The Labute approximate surface area is 124 Å². The minimum Gasteiger partial charge on any atom is -0.377 e. The Bertz CT molecular complexity index is 345. The lowest BCUT2D eigenvalue weighted by Crippen LogP contribution is -2.19. The van der Waals surface area contributed by atoms with Gasteiger partial charge in [0.25, 0.3) is 0 Å². The fourth-order valence-electron chi connectivity index (χ4n) is 2.20. The van der Waals surface area contributed by atoms with E-state index in [1.165, 1.54) is 17.5 Å². The molecular formula is C18H31NO. The molecular weight excluding hydrogens is 246 g/mol. The van der Waals surface area contributed by atoms with E-state index in [0.29, 0.717) is 5.92 Å². The summed E-state index contributed by atoms with van der Waals surface area (Å²) < 4.78 is 5.72. The standard InChI is InChI=1S/C18H31NO/c1-5-19-13-16(4)18-10-8-17(9-11-18)14-20-12-6-7-15(2)3/h8-11,15-16,19H,5-7,12-14H2,1-4H3. The molecule has 0 aliphatic rings. The Morgan fingerprint density at radius 2 is 1.80 bits per heavy atom. The van der Waals surface area contributed by atoms with Gasteiger partial charge in [-0.05, 0) is 42.3 Å². The molecule has 0 aliphatic heterocycles. The number of ether oxygens (including phenoxy) is 1. The molecule has 1 aromatic carbocycles. The minimum absolute atomic E-state index is 0.566. The molecule has 1 N–H and O–H groups in total. The van der Waals surface area contributed by atoms with Crippen molar-refractivity contribution in [1.82, 2.24) is 5.32 Å². The van der Waals surface area contributed by atoms with E-state index in [4.69, 9.17) is 4.74 Å². The van der Waals surface area contributed by atoms with Crippen LogP contribution in [0.4, 0.5) is 0 Å². The first-order chi connectivity index (χ1) is 9.63. The fourth-order valence-corrected chi connectivity index (χ4v) is 2.20. The number of nitrogens with one attached hydrogen (secondary N) is 1. The first-order valence-electron chi connectivity index (χ1n) is 8.00. The normalized spacial score (nSPS) is 12.8. The van der Waals surface area contributed by atoms with E-state index in [1.807, 2.05) is 0 Å². The van der Waals surface area contributed by atoms with Crippen LogP contribution in [0, 0.1) is 5.92 Å². The molecule has 0 spiro atoms. The van der Waals surface area contributed by atoms with Gasteiger partial charge in [-0.1, -0.05) is 52.0 Å². The Morgan fingerprint density at radius 3 is 2.40 bits per heavy atom. The molecule has 0 aliphatic carbocycles. The quantitative estimate of drug-likeness (QED) is 0.642. The highest BCUT2D eigenvalue weighted by Gasteiger charge is 2.04. The van der Waals surface area contributed by atoms with Crippen molar-refractivity contribution in [2.45, 2.75) is 53.1 Å². The van der Waals surface area contributed by atoms with Crippen molar-refractivity contribution < 1.29 is 4.74 Å². The van der Waals surface area contributed by atoms with E-state index in [0.717, 1.165) is 38.6 Å². The highest BCUT2D eigenvalue weighted by molar-refractivity contribution is 5.24. The molecule has 1 rings (SSSR count). The second-order valence-electron chi connectivity index (χ2n) is 6.04. The number of likely N-dealkylation sites (N-methyl/N-ethyl adjacent to an activating group) is 1. The summed E-state index contributed by atoms with van der Waals surface area (Å²) in [5.41, 5.74) is 2.67. The third-order valence-electron chi connectivity index (χ3n) is 3.59. The van der Waals surface area contributed by atoms with Crippen LogP contribution in [-0.2, 0) is 11.3 Å². The summed E-state index contributed by atoms with van der Waals surface area (Å²) in [7, 11) is 0. The maximum Gasteiger partial charge on any atom is 0.0716 e. The lowest BCUT2D eigenvalue weighted by Gasteiger charge is -2.13. The van der Waals surface area contributed by atoms with E-state index >= 15 is 0 Å². The Balaban J connectivity index is 2.28. The van der Waals surface area contributed by atoms with Gasteiger partial charge in [-0.15, -0.1) is 0 Å². The summed E-state index contributed by atoms with van der Waals surface area (Å²) in [6.07, 6.45) is 2.41. The van der Waals surface area contributed by atoms with Crippen LogP contribution in [0.3, 0.4) is 0 Å². The smallest absolute Gasteiger partial charge is 0.0716 e. The molecule has 114 valence electrons. The van der Waals surface area contributed by atoms with E-state index in [-0.39, 0.29) is 0 Å². The first kappa shape index (κ1) is 17.2. The Morgan fingerprint density at radius 1 is 1.10 bits per heavy atom. The average molecular weight is 277 g/mol. The van der Waals surface area contributed by atoms with Crippen LogP contribution in [-0.4, -0.2) is 19.7 Å². The fraction of sp³-hybridized carbons (Fsp3) is 0.667.